The first-order chi connectivity index (χ1) is 8.91. The molecule has 1 aromatic carbocycles. The molecule has 0 radical (unpaired) electrons. The van der Waals surface area contributed by atoms with Crippen molar-refractivity contribution in [1.82, 2.24) is 0 Å². The summed E-state index contributed by atoms with van der Waals surface area (Å²) < 4.78 is 6.40. The molecule has 1 N–H and O–H groups in total. The number of rotatable bonds is 3. The predicted octanol–water partition coefficient (Wildman–Crippen LogP) is 5.08. The van der Waals surface area contributed by atoms with Gasteiger partial charge in [-0.25, -0.2) is 0 Å². The van der Waals surface area contributed by atoms with Gasteiger partial charge >= 0.3 is 0 Å². The first-order valence-electron chi connectivity index (χ1n) is 7.01. The maximum Gasteiger partial charge on any atom is 0.121 e. The van der Waals surface area contributed by atoms with E-state index in [1.807, 2.05) is 12.1 Å². The Morgan fingerprint density at radius 3 is 2.74 bits per heavy atom. The highest BCUT2D eigenvalue weighted by atomic mass is 79.9. The van der Waals surface area contributed by atoms with E-state index in [0.29, 0.717) is 17.4 Å². The van der Waals surface area contributed by atoms with Gasteiger partial charge in [0.2, 0.25) is 0 Å². The van der Waals surface area contributed by atoms with E-state index in [1.165, 1.54) is 19.3 Å². The van der Waals surface area contributed by atoms with E-state index in [4.69, 9.17) is 4.74 Å². The highest BCUT2D eigenvalue weighted by Crippen LogP contribution is 2.40. The van der Waals surface area contributed by atoms with Crippen LogP contribution in [-0.2, 0) is 0 Å². The first kappa shape index (κ1) is 14.7. The average Bonchev–Trinajstić information content (AvgIpc) is 2.34. The van der Waals surface area contributed by atoms with Crippen molar-refractivity contribution >= 4 is 21.6 Å². The summed E-state index contributed by atoms with van der Waals surface area (Å²) in [5.74, 6) is 1.59. The SMILES string of the molecule is COc1ccc(Br)c(NC2CCC(C)(C)CC2C)c1. The molecule has 2 rings (SSSR count). The first-order valence-corrected chi connectivity index (χ1v) is 7.81. The van der Waals surface area contributed by atoms with Crippen LogP contribution < -0.4 is 10.1 Å². The molecule has 1 aromatic rings. The summed E-state index contributed by atoms with van der Waals surface area (Å²) in [5, 5.41) is 3.68. The van der Waals surface area contributed by atoms with Gasteiger partial charge in [0.25, 0.3) is 0 Å². The van der Waals surface area contributed by atoms with Crippen LogP contribution in [0.25, 0.3) is 0 Å². The van der Waals surface area contributed by atoms with Crippen molar-refractivity contribution < 1.29 is 4.74 Å². The van der Waals surface area contributed by atoms with Crippen LogP contribution in [0.4, 0.5) is 5.69 Å². The summed E-state index contributed by atoms with van der Waals surface area (Å²) in [6.07, 6.45) is 3.81. The lowest BCUT2D eigenvalue weighted by molar-refractivity contribution is 0.177. The average molecular weight is 326 g/mol. The fourth-order valence-electron chi connectivity index (χ4n) is 3.10. The zero-order valence-electron chi connectivity index (χ0n) is 12.3. The van der Waals surface area contributed by atoms with Crippen molar-refractivity contribution in [1.29, 1.82) is 0 Å². The van der Waals surface area contributed by atoms with Crippen LogP contribution in [0.15, 0.2) is 22.7 Å². The summed E-state index contributed by atoms with van der Waals surface area (Å²) in [7, 11) is 1.71. The van der Waals surface area contributed by atoms with Gasteiger partial charge in [-0.05, 0) is 58.7 Å². The molecule has 2 unspecified atom stereocenters. The van der Waals surface area contributed by atoms with Gasteiger partial charge in [0.05, 0.1) is 12.8 Å². The van der Waals surface area contributed by atoms with Crippen molar-refractivity contribution in [3.63, 3.8) is 0 Å². The number of halogens is 1. The lowest BCUT2D eigenvalue weighted by Crippen LogP contribution is -2.36. The molecule has 0 saturated heterocycles. The molecule has 0 bridgehead atoms. The predicted molar refractivity (Wildman–Crippen MR) is 84.9 cm³/mol. The summed E-state index contributed by atoms with van der Waals surface area (Å²) in [5.41, 5.74) is 1.62. The molecule has 1 saturated carbocycles. The Morgan fingerprint density at radius 2 is 2.11 bits per heavy atom. The van der Waals surface area contributed by atoms with Crippen LogP contribution >= 0.6 is 15.9 Å². The minimum Gasteiger partial charge on any atom is -0.497 e. The number of hydrogen-bond donors (Lipinski definition) is 1. The third-order valence-corrected chi connectivity index (χ3v) is 4.90. The molecule has 0 spiro atoms. The van der Waals surface area contributed by atoms with Crippen LogP contribution in [0.5, 0.6) is 5.75 Å². The molecular weight excluding hydrogens is 302 g/mol. The van der Waals surface area contributed by atoms with Gasteiger partial charge in [-0.3, -0.25) is 0 Å². The minimum atomic E-state index is 0.489. The maximum atomic E-state index is 5.30. The Bertz CT molecular complexity index is 444. The molecule has 0 amide bonds. The molecular formula is C16H24BrNO. The van der Waals surface area contributed by atoms with E-state index in [2.05, 4.69) is 48.1 Å². The van der Waals surface area contributed by atoms with Crippen LogP contribution in [0.1, 0.15) is 40.0 Å². The van der Waals surface area contributed by atoms with Crippen molar-refractivity contribution in [3.05, 3.63) is 22.7 Å². The quantitative estimate of drug-likeness (QED) is 0.836. The number of hydrogen-bond acceptors (Lipinski definition) is 2. The van der Waals surface area contributed by atoms with E-state index >= 15 is 0 Å². The molecule has 106 valence electrons. The fraction of sp³-hybridized carbons (Fsp3) is 0.625. The van der Waals surface area contributed by atoms with E-state index in [-0.39, 0.29) is 0 Å². The molecule has 19 heavy (non-hydrogen) atoms. The summed E-state index contributed by atoms with van der Waals surface area (Å²) in [6.45, 7) is 7.11. The Hall–Kier alpha value is -0.700. The van der Waals surface area contributed by atoms with Gasteiger partial charge in [-0.1, -0.05) is 20.8 Å². The molecule has 2 nitrogen and oxygen atoms in total. The summed E-state index contributed by atoms with van der Waals surface area (Å²) in [4.78, 5) is 0. The molecule has 0 aromatic heterocycles. The number of ether oxygens (including phenoxy) is 1. The van der Waals surface area contributed by atoms with Gasteiger partial charge in [0, 0.05) is 16.6 Å². The highest BCUT2D eigenvalue weighted by Gasteiger charge is 2.32. The number of anilines is 1. The van der Waals surface area contributed by atoms with E-state index in [0.717, 1.165) is 15.9 Å². The lowest BCUT2D eigenvalue weighted by Gasteiger charge is -2.40. The van der Waals surface area contributed by atoms with E-state index in [9.17, 15) is 0 Å². The van der Waals surface area contributed by atoms with Crippen LogP contribution in [0.3, 0.4) is 0 Å². The van der Waals surface area contributed by atoms with E-state index in [1.54, 1.807) is 7.11 Å². The maximum absolute atomic E-state index is 5.30. The van der Waals surface area contributed by atoms with E-state index < -0.39 is 0 Å². The second-order valence-electron chi connectivity index (χ2n) is 6.48. The van der Waals surface area contributed by atoms with Crippen LogP contribution in [-0.4, -0.2) is 13.2 Å². The van der Waals surface area contributed by atoms with Gasteiger partial charge in [0.15, 0.2) is 0 Å². The minimum absolute atomic E-state index is 0.489. The lowest BCUT2D eigenvalue weighted by atomic mass is 9.70. The standard InChI is InChI=1S/C16H24BrNO/c1-11-10-16(2,3)8-7-14(11)18-15-9-12(19-4)5-6-13(15)17/h5-6,9,11,14,18H,7-8,10H2,1-4H3. The molecule has 2 atom stereocenters. The Balaban J connectivity index is 2.09. The summed E-state index contributed by atoms with van der Waals surface area (Å²) >= 11 is 3.61. The molecule has 1 aliphatic rings. The molecule has 1 fully saturated rings. The Labute approximate surface area is 125 Å². The number of benzene rings is 1. The topological polar surface area (TPSA) is 21.3 Å². The number of nitrogens with one attached hydrogen (secondary N) is 1. The smallest absolute Gasteiger partial charge is 0.121 e. The van der Waals surface area contributed by atoms with Gasteiger partial charge in [-0.15, -0.1) is 0 Å². The Morgan fingerprint density at radius 1 is 1.37 bits per heavy atom. The van der Waals surface area contributed by atoms with Crippen molar-refractivity contribution in [2.24, 2.45) is 11.3 Å². The molecule has 0 heterocycles. The zero-order valence-corrected chi connectivity index (χ0v) is 13.9. The fourth-order valence-corrected chi connectivity index (χ4v) is 3.46. The van der Waals surface area contributed by atoms with Crippen LogP contribution in [0, 0.1) is 11.3 Å². The highest BCUT2D eigenvalue weighted by molar-refractivity contribution is 9.10. The normalized spacial score (nSPS) is 25.9. The van der Waals surface area contributed by atoms with Gasteiger partial charge < -0.3 is 10.1 Å². The van der Waals surface area contributed by atoms with Crippen molar-refractivity contribution in [3.8, 4) is 5.75 Å². The summed E-state index contributed by atoms with van der Waals surface area (Å²) in [6, 6.07) is 6.63. The third kappa shape index (κ3) is 3.65. The third-order valence-electron chi connectivity index (χ3n) is 4.21. The second kappa shape index (κ2) is 5.74. The van der Waals surface area contributed by atoms with Gasteiger partial charge in [-0.2, -0.15) is 0 Å². The Kier molecular flexibility index (Phi) is 4.44. The van der Waals surface area contributed by atoms with Crippen molar-refractivity contribution in [2.75, 3.05) is 12.4 Å². The van der Waals surface area contributed by atoms with Crippen molar-refractivity contribution in [2.45, 2.75) is 46.1 Å². The van der Waals surface area contributed by atoms with Crippen LogP contribution in [0.2, 0.25) is 0 Å². The number of methoxy groups -OCH3 is 1. The zero-order chi connectivity index (χ0) is 14.0. The molecule has 0 aliphatic heterocycles. The monoisotopic (exact) mass is 325 g/mol. The van der Waals surface area contributed by atoms with Gasteiger partial charge in [0.1, 0.15) is 5.75 Å². The second-order valence-corrected chi connectivity index (χ2v) is 7.34. The molecule has 3 heteroatoms. The largest absolute Gasteiger partial charge is 0.497 e. The molecule has 1 aliphatic carbocycles.